The largest absolute Gasteiger partial charge is 0.348 e. The maximum Gasteiger partial charge on any atom is 0.251 e. The first kappa shape index (κ1) is 21.9. The van der Waals surface area contributed by atoms with Crippen molar-refractivity contribution in [1.29, 1.82) is 0 Å². The molecule has 0 radical (unpaired) electrons. The Morgan fingerprint density at radius 1 is 0.969 bits per heavy atom. The lowest BCUT2D eigenvalue weighted by Gasteiger charge is -2.10. The van der Waals surface area contributed by atoms with E-state index in [0.29, 0.717) is 13.1 Å². The van der Waals surface area contributed by atoms with Gasteiger partial charge in [0.1, 0.15) is 0 Å². The molecule has 0 aliphatic rings. The van der Waals surface area contributed by atoms with Crippen molar-refractivity contribution in [1.82, 2.24) is 19.8 Å². The van der Waals surface area contributed by atoms with Crippen LogP contribution in [0.15, 0.2) is 89.4 Å². The van der Waals surface area contributed by atoms with Crippen LogP contribution < -0.4 is 10.0 Å². The Balaban J connectivity index is 1.38. The Hall–Kier alpha value is -3.27. The number of sulfonamides is 1. The van der Waals surface area contributed by atoms with E-state index in [-0.39, 0.29) is 22.9 Å². The second-order valence-corrected chi connectivity index (χ2v) is 9.94. The molecule has 1 amide bonds. The third-order valence-corrected chi connectivity index (χ3v) is 7.05. The van der Waals surface area contributed by atoms with E-state index in [0.717, 1.165) is 16.0 Å². The van der Waals surface area contributed by atoms with E-state index in [4.69, 9.17) is 0 Å². The molecule has 32 heavy (non-hydrogen) atoms. The monoisotopic (exact) mass is 466 g/mol. The second kappa shape index (κ2) is 9.90. The van der Waals surface area contributed by atoms with Crippen molar-refractivity contribution in [3.05, 3.63) is 106 Å². The number of amides is 1. The van der Waals surface area contributed by atoms with Crippen molar-refractivity contribution in [2.45, 2.75) is 24.5 Å². The Morgan fingerprint density at radius 2 is 1.81 bits per heavy atom. The number of hydrogen-bond donors (Lipinski definition) is 2. The summed E-state index contributed by atoms with van der Waals surface area (Å²) in [6.45, 7) is 1.19. The zero-order valence-corrected chi connectivity index (χ0v) is 18.8. The Morgan fingerprint density at radius 3 is 2.59 bits per heavy atom. The summed E-state index contributed by atoms with van der Waals surface area (Å²) in [5.74, 6) is -0.335. The van der Waals surface area contributed by atoms with E-state index in [1.165, 1.54) is 23.5 Å². The van der Waals surface area contributed by atoms with Gasteiger partial charge in [-0.05, 0) is 46.8 Å². The van der Waals surface area contributed by atoms with Gasteiger partial charge in [0.15, 0.2) is 0 Å². The van der Waals surface area contributed by atoms with Crippen LogP contribution in [-0.2, 0) is 29.7 Å². The Kier molecular flexibility index (Phi) is 6.79. The molecule has 164 valence electrons. The maximum absolute atomic E-state index is 12.6. The summed E-state index contributed by atoms with van der Waals surface area (Å²) >= 11 is 1.48. The van der Waals surface area contributed by atoms with E-state index < -0.39 is 10.0 Å². The minimum Gasteiger partial charge on any atom is -0.348 e. The first-order chi connectivity index (χ1) is 15.5. The summed E-state index contributed by atoms with van der Waals surface area (Å²) in [5.41, 5.74) is 2.31. The summed E-state index contributed by atoms with van der Waals surface area (Å²) in [5, 5.41) is 8.95. The molecule has 0 aliphatic heterocycles. The number of hydrogen-bond acceptors (Lipinski definition) is 5. The first-order valence-corrected chi connectivity index (χ1v) is 12.3. The molecule has 0 saturated heterocycles. The van der Waals surface area contributed by atoms with Gasteiger partial charge in [0, 0.05) is 35.9 Å². The summed E-state index contributed by atoms with van der Waals surface area (Å²) < 4.78 is 29.6. The van der Waals surface area contributed by atoms with Crippen LogP contribution in [0, 0.1) is 0 Å². The Bertz CT molecular complexity index is 1280. The van der Waals surface area contributed by atoms with E-state index in [9.17, 15) is 13.2 Å². The summed E-state index contributed by atoms with van der Waals surface area (Å²) in [4.78, 5) is 13.6. The normalized spacial score (nSPS) is 11.4. The number of nitrogens with one attached hydrogen (secondary N) is 2. The molecule has 2 N–H and O–H groups in total. The molecule has 0 bridgehead atoms. The Labute approximate surface area is 190 Å². The van der Waals surface area contributed by atoms with Crippen molar-refractivity contribution in [2.75, 3.05) is 0 Å². The first-order valence-electron chi connectivity index (χ1n) is 9.95. The molecular weight excluding hydrogens is 444 g/mol. The van der Waals surface area contributed by atoms with Crippen molar-refractivity contribution in [2.24, 2.45) is 0 Å². The van der Waals surface area contributed by atoms with Crippen LogP contribution in [0.1, 0.15) is 26.4 Å². The van der Waals surface area contributed by atoms with Crippen molar-refractivity contribution >= 4 is 27.3 Å². The molecule has 4 aromatic rings. The molecule has 4 rings (SSSR count). The van der Waals surface area contributed by atoms with Crippen molar-refractivity contribution < 1.29 is 13.2 Å². The number of thiophene rings is 1. The molecule has 7 nitrogen and oxygen atoms in total. The highest BCUT2D eigenvalue weighted by Crippen LogP contribution is 2.14. The zero-order chi connectivity index (χ0) is 22.4. The third-order valence-electron chi connectivity index (χ3n) is 4.77. The summed E-state index contributed by atoms with van der Waals surface area (Å²) in [6, 6.07) is 19.5. The number of carbonyl (C=O) groups excluding carboxylic acids is 1. The number of rotatable bonds is 9. The molecule has 0 spiro atoms. The van der Waals surface area contributed by atoms with Crippen LogP contribution in [0.4, 0.5) is 0 Å². The van der Waals surface area contributed by atoms with Crippen LogP contribution in [0.3, 0.4) is 0 Å². The third kappa shape index (κ3) is 5.70. The predicted molar refractivity (Wildman–Crippen MR) is 124 cm³/mol. The number of carbonyl (C=O) groups is 1. The summed E-state index contributed by atoms with van der Waals surface area (Å²) in [7, 11) is -3.72. The molecule has 0 saturated carbocycles. The van der Waals surface area contributed by atoms with Gasteiger partial charge in [-0.3, -0.25) is 9.48 Å². The molecule has 0 fully saturated rings. The van der Waals surface area contributed by atoms with Gasteiger partial charge >= 0.3 is 0 Å². The molecule has 2 heterocycles. The van der Waals surface area contributed by atoms with E-state index >= 15 is 0 Å². The van der Waals surface area contributed by atoms with Gasteiger partial charge in [0.05, 0.1) is 11.4 Å². The predicted octanol–water partition coefficient (Wildman–Crippen LogP) is 3.40. The quantitative estimate of drug-likeness (QED) is 0.395. The van der Waals surface area contributed by atoms with E-state index in [1.807, 2.05) is 58.7 Å². The van der Waals surface area contributed by atoms with E-state index in [2.05, 4.69) is 15.1 Å². The molecule has 0 unspecified atom stereocenters. The fraction of sp³-hybridized carbons (Fsp3) is 0.130. The topological polar surface area (TPSA) is 93.1 Å². The van der Waals surface area contributed by atoms with Gasteiger partial charge in [-0.25, -0.2) is 13.1 Å². The minimum absolute atomic E-state index is 0.0583. The van der Waals surface area contributed by atoms with Crippen LogP contribution in [0.2, 0.25) is 0 Å². The molecule has 2 aromatic carbocycles. The van der Waals surface area contributed by atoms with Crippen LogP contribution >= 0.6 is 11.3 Å². The van der Waals surface area contributed by atoms with Gasteiger partial charge in [-0.2, -0.15) is 5.10 Å². The molecule has 9 heteroatoms. The molecule has 0 atom stereocenters. The van der Waals surface area contributed by atoms with Crippen LogP contribution in [0.25, 0.3) is 0 Å². The standard InChI is InChI=1S/C23H22N4O3S2/c28-23(24-15-18-5-1-6-19(13-18)17-27-11-4-10-25-27)20-7-2-9-22(14-20)32(29,30)26-16-21-8-3-12-31-21/h1-14,26H,15-17H2,(H,24,28). The number of aromatic nitrogens is 2. The fourth-order valence-corrected chi connectivity index (χ4v) is 4.96. The van der Waals surface area contributed by atoms with Gasteiger partial charge in [0.2, 0.25) is 10.0 Å². The van der Waals surface area contributed by atoms with E-state index in [1.54, 1.807) is 18.3 Å². The zero-order valence-electron chi connectivity index (χ0n) is 17.1. The average Bonchev–Trinajstić information content (AvgIpc) is 3.51. The lowest BCUT2D eigenvalue weighted by atomic mass is 10.1. The fourth-order valence-electron chi connectivity index (χ4n) is 3.17. The second-order valence-electron chi connectivity index (χ2n) is 7.14. The molecule has 2 aromatic heterocycles. The maximum atomic E-state index is 12.6. The lowest BCUT2D eigenvalue weighted by Crippen LogP contribution is -2.25. The molecule has 0 aliphatic carbocycles. The van der Waals surface area contributed by atoms with Gasteiger partial charge < -0.3 is 5.32 Å². The smallest absolute Gasteiger partial charge is 0.251 e. The average molecular weight is 467 g/mol. The van der Waals surface area contributed by atoms with Crippen LogP contribution in [-0.4, -0.2) is 24.1 Å². The highest BCUT2D eigenvalue weighted by Gasteiger charge is 2.16. The van der Waals surface area contributed by atoms with Crippen LogP contribution in [0.5, 0.6) is 0 Å². The van der Waals surface area contributed by atoms with Gasteiger partial charge in [-0.15, -0.1) is 11.3 Å². The van der Waals surface area contributed by atoms with Gasteiger partial charge in [-0.1, -0.05) is 36.4 Å². The molecular formula is C23H22N4O3S2. The minimum atomic E-state index is -3.72. The van der Waals surface area contributed by atoms with Crippen molar-refractivity contribution in [3.8, 4) is 0 Å². The highest BCUT2D eigenvalue weighted by atomic mass is 32.2. The lowest BCUT2D eigenvalue weighted by molar-refractivity contribution is 0.0950. The summed E-state index contributed by atoms with van der Waals surface area (Å²) in [6.07, 6.45) is 3.63. The highest BCUT2D eigenvalue weighted by molar-refractivity contribution is 7.89. The van der Waals surface area contributed by atoms with Crippen molar-refractivity contribution in [3.63, 3.8) is 0 Å². The number of nitrogens with zero attached hydrogens (tertiary/aromatic N) is 2. The SMILES string of the molecule is O=C(NCc1cccc(Cn2cccn2)c1)c1cccc(S(=O)(=O)NCc2cccs2)c1. The van der Waals surface area contributed by atoms with Gasteiger partial charge in [0.25, 0.3) is 5.91 Å². The number of benzene rings is 2.